The Bertz CT molecular complexity index is 2790. The number of nitrogens with zero attached hydrogens (tertiary/aromatic N) is 7. The van der Waals surface area contributed by atoms with Gasteiger partial charge in [-0.1, -0.05) is 77.9 Å². The molecule has 0 unspecified atom stereocenters. The van der Waals surface area contributed by atoms with Crippen LogP contribution in [0.1, 0.15) is 60.7 Å². The molecule has 2 aliphatic rings. The van der Waals surface area contributed by atoms with Gasteiger partial charge >= 0.3 is 0 Å². The lowest BCUT2D eigenvalue weighted by molar-refractivity contribution is 0.112. The highest BCUT2D eigenvalue weighted by molar-refractivity contribution is 5.83. The number of anilines is 4. The lowest BCUT2D eigenvalue weighted by Crippen LogP contribution is -2.16. The fourth-order valence-electron chi connectivity index (χ4n) is 7.31. The molecule has 4 aromatic carbocycles. The van der Waals surface area contributed by atoms with Gasteiger partial charge in [-0.2, -0.15) is 0 Å². The van der Waals surface area contributed by atoms with Crippen LogP contribution in [0, 0.1) is 27.7 Å². The molecule has 59 heavy (non-hydrogen) atoms. The zero-order chi connectivity index (χ0) is 40.7. The summed E-state index contributed by atoms with van der Waals surface area (Å²) in [6.07, 6.45) is 7.83. The minimum absolute atomic E-state index is 0.792. The van der Waals surface area contributed by atoms with Crippen LogP contribution in [0.2, 0.25) is 0 Å². The molecule has 0 amide bonds. The predicted molar refractivity (Wildman–Crippen MR) is 235 cm³/mol. The molecule has 0 spiro atoms. The van der Waals surface area contributed by atoms with Crippen molar-refractivity contribution in [2.45, 2.75) is 60.4 Å². The molecule has 6 heterocycles. The van der Waals surface area contributed by atoms with Gasteiger partial charge in [0.05, 0.1) is 46.2 Å². The molecule has 0 aliphatic carbocycles. The Hall–Kier alpha value is -6.95. The maximum atomic E-state index is 10.4. The summed E-state index contributed by atoms with van der Waals surface area (Å²) < 4.78 is 0. The minimum Gasteiger partial charge on any atom is -0.339 e. The Morgan fingerprint density at radius 1 is 0.610 bits per heavy atom. The van der Waals surface area contributed by atoms with Crippen LogP contribution in [0.25, 0.3) is 21.8 Å². The molecule has 11 heteroatoms. The van der Waals surface area contributed by atoms with E-state index in [0.717, 1.165) is 117 Å². The van der Waals surface area contributed by atoms with Crippen LogP contribution in [0.3, 0.4) is 0 Å². The first-order valence-electron chi connectivity index (χ1n) is 19.7. The quantitative estimate of drug-likeness (QED) is 0.134. The van der Waals surface area contributed by atoms with E-state index in [4.69, 9.17) is 0 Å². The molecule has 8 aromatic rings. The molecule has 3 N–H and O–H groups in total. The Kier molecular flexibility index (Phi) is 11.7. The van der Waals surface area contributed by atoms with Crippen molar-refractivity contribution in [3.05, 3.63) is 178 Å². The zero-order valence-electron chi connectivity index (χ0n) is 33.7. The van der Waals surface area contributed by atoms with E-state index in [1.807, 2.05) is 80.8 Å². The Morgan fingerprint density at radius 3 is 1.85 bits per heavy atom. The van der Waals surface area contributed by atoms with Crippen molar-refractivity contribution in [3.8, 4) is 0 Å². The highest BCUT2D eigenvalue weighted by Gasteiger charge is 2.24. The fraction of sp³-hybridized carbons (Fsp3) is 0.188. The molecule has 2 aliphatic heterocycles. The van der Waals surface area contributed by atoms with E-state index in [0.29, 0.717) is 0 Å². The van der Waals surface area contributed by atoms with Gasteiger partial charge in [0.25, 0.3) is 0 Å². The van der Waals surface area contributed by atoms with Crippen molar-refractivity contribution in [1.29, 1.82) is 0 Å². The van der Waals surface area contributed by atoms with E-state index in [1.165, 1.54) is 22.3 Å². The Labute approximate surface area is 344 Å². The number of benzene rings is 4. The molecule has 0 bridgehead atoms. The first-order chi connectivity index (χ1) is 28.8. The van der Waals surface area contributed by atoms with Crippen molar-refractivity contribution in [3.63, 3.8) is 0 Å². The van der Waals surface area contributed by atoms with Gasteiger partial charge in [0.2, 0.25) is 0 Å². The third-order valence-electron chi connectivity index (χ3n) is 10.6. The van der Waals surface area contributed by atoms with Crippen molar-refractivity contribution in [1.82, 2.24) is 40.1 Å². The summed E-state index contributed by atoms with van der Waals surface area (Å²) in [5, 5.41) is 12.3. The first kappa shape index (κ1) is 38.9. The normalized spacial score (nSPS) is 12.8. The van der Waals surface area contributed by atoms with Crippen molar-refractivity contribution in [2.24, 2.45) is 0 Å². The van der Waals surface area contributed by atoms with Crippen molar-refractivity contribution in [2.75, 3.05) is 10.6 Å². The van der Waals surface area contributed by atoms with Gasteiger partial charge in [-0.15, -0.1) is 0 Å². The van der Waals surface area contributed by atoms with Crippen LogP contribution in [0.15, 0.2) is 122 Å². The molecule has 294 valence electrons. The molecule has 0 saturated heterocycles. The monoisotopic (exact) mass is 778 g/mol. The van der Waals surface area contributed by atoms with E-state index < -0.39 is 0 Å². The number of carbonyl (C=O) groups excluding carboxylic acids is 1. The lowest BCUT2D eigenvalue weighted by Gasteiger charge is -2.17. The van der Waals surface area contributed by atoms with Crippen molar-refractivity contribution < 1.29 is 4.79 Å². The van der Waals surface area contributed by atoms with E-state index >= 15 is 0 Å². The number of nitrogens with one attached hydrogen (secondary N) is 3. The summed E-state index contributed by atoms with van der Waals surface area (Å²) in [6.45, 7) is 12.4. The largest absolute Gasteiger partial charge is 0.339 e. The number of carbonyl (C=O) groups is 1. The number of fused-ring (bicyclic) bond motifs is 4. The second kappa shape index (κ2) is 17.7. The number of rotatable bonds is 7. The number of hydrogen-bond donors (Lipinski definition) is 3. The molecule has 4 aromatic heterocycles. The van der Waals surface area contributed by atoms with Gasteiger partial charge in [0, 0.05) is 60.2 Å². The highest BCUT2D eigenvalue weighted by atomic mass is 16.1. The Balaban J connectivity index is 0.000000139. The van der Waals surface area contributed by atoms with Gasteiger partial charge in [-0.25, -0.2) is 19.9 Å². The number of pyridine rings is 2. The molecular weight excluding hydrogens is 733 g/mol. The molecule has 10 rings (SSSR count). The summed E-state index contributed by atoms with van der Waals surface area (Å²) in [4.78, 5) is 39.5. The highest BCUT2D eigenvalue weighted by Crippen LogP contribution is 2.30. The van der Waals surface area contributed by atoms with E-state index in [2.05, 4.69) is 107 Å². The third-order valence-corrected chi connectivity index (χ3v) is 10.6. The second-order valence-electron chi connectivity index (χ2n) is 15.0. The van der Waals surface area contributed by atoms with Crippen LogP contribution < -0.4 is 16.0 Å². The van der Waals surface area contributed by atoms with Crippen LogP contribution in [0.5, 0.6) is 0 Å². The minimum atomic E-state index is 0.792. The Morgan fingerprint density at radius 2 is 1.20 bits per heavy atom. The summed E-state index contributed by atoms with van der Waals surface area (Å²) >= 11 is 0. The predicted octanol–water partition coefficient (Wildman–Crippen LogP) is 9.39. The molecule has 0 saturated carbocycles. The van der Waals surface area contributed by atoms with E-state index in [9.17, 15) is 4.79 Å². The standard InChI is InChI=1S/C24H23N5.C15H13N5.C9H10O/c1-16-7-8-17(2)19(9-16)12-29-13-21-23(14-29)26-15-27-24(21)28-20-10-18-5-3-4-6-22(18)25-11-20;1-2-4-13-10(3-1)5-11(6-17-13)20-15-12-7-16-8-14(12)18-9-19-15;1-7-3-4-8(2)9(5-7)6-10/h3-11,15H,12-14H2,1-2H3,(H,26,27,28);1-6,9,16H,7-8H2,(H,18,19,20);3-6H,1-2H3. The molecule has 0 fully saturated rings. The third kappa shape index (κ3) is 9.28. The summed E-state index contributed by atoms with van der Waals surface area (Å²) in [7, 11) is 0. The smallest absolute Gasteiger partial charge is 0.150 e. The van der Waals surface area contributed by atoms with Crippen molar-refractivity contribution >= 4 is 51.1 Å². The van der Waals surface area contributed by atoms with Gasteiger partial charge < -0.3 is 16.0 Å². The van der Waals surface area contributed by atoms with Crippen LogP contribution in [-0.2, 0) is 32.7 Å². The van der Waals surface area contributed by atoms with Crippen LogP contribution in [0.4, 0.5) is 23.0 Å². The first-order valence-corrected chi connectivity index (χ1v) is 19.7. The number of hydrogen-bond acceptors (Lipinski definition) is 11. The maximum Gasteiger partial charge on any atom is 0.150 e. The van der Waals surface area contributed by atoms with Gasteiger partial charge in [-0.05, 0) is 74.7 Å². The SMILES string of the molecule is Cc1ccc(C)c(C=O)c1.Cc1ccc(C)c(CN2Cc3ncnc(Nc4cnc5ccccc5c4)c3C2)c1.c1ccc2ncc(Nc3ncnc4c3CNC4)cc2c1. The van der Waals surface area contributed by atoms with E-state index in [1.54, 1.807) is 12.7 Å². The molecule has 0 radical (unpaired) electrons. The average Bonchev–Trinajstić information content (AvgIpc) is 3.92. The van der Waals surface area contributed by atoms with Gasteiger partial charge in [0.1, 0.15) is 30.6 Å². The second-order valence-corrected chi connectivity index (χ2v) is 15.0. The molecular formula is C48H46N10O. The number of para-hydroxylation sites is 2. The summed E-state index contributed by atoms with van der Waals surface area (Å²) in [6, 6.07) is 32.9. The molecule has 0 atom stereocenters. The van der Waals surface area contributed by atoms with E-state index in [-0.39, 0.29) is 0 Å². The van der Waals surface area contributed by atoms with Crippen LogP contribution in [-0.4, -0.2) is 41.1 Å². The number of aromatic nitrogens is 6. The summed E-state index contributed by atoms with van der Waals surface area (Å²) in [5.41, 5.74) is 15.3. The lowest BCUT2D eigenvalue weighted by atomic mass is 10.1. The summed E-state index contributed by atoms with van der Waals surface area (Å²) in [5.74, 6) is 1.73. The topological polar surface area (TPSA) is 134 Å². The number of aryl methyl sites for hydroxylation is 4. The van der Waals surface area contributed by atoms with Gasteiger partial charge in [-0.3, -0.25) is 19.7 Å². The number of aldehydes is 1. The van der Waals surface area contributed by atoms with Gasteiger partial charge in [0.15, 0.2) is 0 Å². The molecule has 11 nitrogen and oxygen atoms in total. The maximum absolute atomic E-state index is 10.4. The zero-order valence-corrected chi connectivity index (χ0v) is 33.7. The average molecular weight is 779 g/mol. The van der Waals surface area contributed by atoms with Crippen LogP contribution >= 0.6 is 0 Å². The fourth-order valence-corrected chi connectivity index (χ4v) is 7.31.